The molecule has 4 aromatic carbocycles. The highest BCUT2D eigenvalue weighted by Crippen LogP contribution is 2.38. The standard InChI is InChI=1S/C30H20F3NO5/c31-30(32,33)28-24(16-26(39-28)20-11-9-19(10-12-20)18-5-2-1-3-6-18)29(37)34-22-13-14-23-21(15-22)7-4-8-25(23)38-17-27(35)36/h1-16H,17H2,(H,34,37)(H,35,36). The molecular weight excluding hydrogens is 511 g/mol. The number of halogens is 3. The summed E-state index contributed by atoms with van der Waals surface area (Å²) in [7, 11) is 0. The molecule has 0 saturated heterocycles. The van der Waals surface area contributed by atoms with Crippen LogP contribution in [0.4, 0.5) is 18.9 Å². The molecular formula is C30H20F3NO5. The molecule has 0 fully saturated rings. The molecule has 0 bridgehead atoms. The first-order chi connectivity index (χ1) is 18.7. The van der Waals surface area contributed by atoms with Gasteiger partial charge in [0.15, 0.2) is 6.61 Å². The Morgan fingerprint density at radius 3 is 2.21 bits per heavy atom. The lowest BCUT2D eigenvalue weighted by Gasteiger charge is -2.10. The van der Waals surface area contributed by atoms with E-state index in [9.17, 15) is 22.8 Å². The van der Waals surface area contributed by atoms with Gasteiger partial charge in [0.1, 0.15) is 11.5 Å². The maximum Gasteiger partial charge on any atom is 0.450 e. The lowest BCUT2D eigenvalue weighted by atomic mass is 10.0. The number of nitrogens with one attached hydrogen (secondary N) is 1. The van der Waals surface area contributed by atoms with E-state index < -0.39 is 36.0 Å². The molecule has 1 heterocycles. The summed E-state index contributed by atoms with van der Waals surface area (Å²) in [6, 6.07) is 26.9. The number of furan rings is 1. The Morgan fingerprint density at radius 2 is 1.51 bits per heavy atom. The second-order valence-corrected chi connectivity index (χ2v) is 8.62. The van der Waals surface area contributed by atoms with Gasteiger partial charge in [0.2, 0.25) is 5.76 Å². The van der Waals surface area contributed by atoms with Crippen LogP contribution in [0.2, 0.25) is 0 Å². The summed E-state index contributed by atoms with van der Waals surface area (Å²) in [4.78, 5) is 23.8. The quantitative estimate of drug-likeness (QED) is 0.227. The van der Waals surface area contributed by atoms with Crippen LogP contribution in [-0.2, 0) is 11.0 Å². The summed E-state index contributed by atoms with van der Waals surface area (Å²) >= 11 is 0. The molecule has 0 atom stereocenters. The highest BCUT2D eigenvalue weighted by atomic mass is 19.4. The summed E-state index contributed by atoms with van der Waals surface area (Å²) < 4.78 is 51.9. The third kappa shape index (κ3) is 5.62. The van der Waals surface area contributed by atoms with Crippen molar-refractivity contribution >= 4 is 28.3 Å². The number of carbonyl (C=O) groups is 2. The van der Waals surface area contributed by atoms with Crippen molar-refractivity contribution in [1.82, 2.24) is 0 Å². The van der Waals surface area contributed by atoms with Gasteiger partial charge in [-0.25, -0.2) is 4.79 Å². The Labute approximate surface area is 220 Å². The van der Waals surface area contributed by atoms with E-state index in [2.05, 4.69) is 5.32 Å². The second kappa shape index (κ2) is 10.4. The minimum Gasteiger partial charge on any atom is -0.481 e. The van der Waals surface area contributed by atoms with Gasteiger partial charge in [0.05, 0.1) is 5.56 Å². The number of rotatable bonds is 7. The van der Waals surface area contributed by atoms with Crippen molar-refractivity contribution in [2.24, 2.45) is 0 Å². The molecule has 0 spiro atoms. The number of anilines is 1. The zero-order valence-electron chi connectivity index (χ0n) is 20.2. The first-order valence-corrected chi connectivity index (χ1v) is 11.7. The van der Waals surface area contributed by atoms with E-state index in [0.29, 0.717) is 22.1 Å². The first-order valence-electron chi connectivity index (χ1n) is 11.7. The predicted molar refractivity (Wildman–Crippen MR) is 140 cm³/mol. The number of aliphatic carboxylic acids is 1. The average Bonchev–Trinajstić information content (AvgIpc) is 3.39. The van der Waals surface area contributed by atoms with Gasteiger partial charge in [0, 0.05) is 16.6 Å². The maximum atomic E-state index is 13.8. The molecule has 0 saturated carbocycles. The predicted octanol–water partition coefficient (Wildman–Crippen LogP) is 7.50. The topological polar surface area (TPSA) is 88.8 Å². The molecule has 0 aliphatic carbocycles. The Balaban J connectivity index is 1.42. The normalized spacial score (nSPS) is 11.4. The molecule has 2 N–H and O–H groups in total. The fourth-order valence-corrected chi connectivity index (χ4v) is 4.17. The van der Waals surface area contributed by atoms with Gasteiger partial charge in [-0.05, 0) is 46.8 Å². The SMILES string of the molecule is O=C(O)COc1cccc2cc(NC(=O)c3cc(-c4ccc(-c5ccccc5)cc4)oc3C(F)(F)F)ccc12. The van der Waals surface area contributed by atoms with Gasteiger partial charge < -0.3 is 19.6 Å². The minimum atomic E-state index is -4.89. The Bertz CT molecular complexity index is 1660. The Hall–Kier alpha value is -5.05. The Morgan fingerprint density at radius 1 is 0.821 bits per heavy atom. The van der Waals surface area contributed by atoms with Crippen LogP contribution in [0.3, 0.4) is 0 Å². The van der Waals surface area contributed by atoms with Crippen LogP contribution in [0.25, 0.3) is 33.2 Å². The zero-order chi connectivity index (χ0) is 27.6. The fraction of sp³-hybridized carbons (Fsp3) is 0.0667. The molecule has 5 rings (SSSR count). The van der Waals surface area contributed by atoms with Gasteiger partial charge >= 0.3 is 12.1 Å². The van der Waals surface area contributed by atoms with E-state index in [1.807, 2.05) is 30.3 Å². The maximum absolute atomic E-state index is 13.8. The van der Waals surface area contributed by atoms with E-state index in [0.717, 1.165) is 17.2 Å². The number of alkyl halides is 3. The van der Waals surface area contributed by atoms with Gasteiger partial charge in [-0.3, -0.25) is 4.79 Å². The first kappa shape index (κ1) is 25.6. The highest BCUT2D eigenvalue weighted by molar-refractivity contribution is 6.07. The third-order valence-corrected chi connectivity index (χ3v) is 5.96. The van der Waals surface area contributed by atoms with Crippen LogP contribution in [-0.4, -0.2) is 23.6 Å². The number of ether oxygens (including phenoxy) is 1. The van der Waals surface area contributed by atoms with E-state index in [1.165, 1.54) is 6.07 Å². The van der Waals surface area contributed by atoms with E-state index in [1.54, 1.807) is 54.6 Å². The van der Waals surface area contributed by atoms with Crippen LogP contribution in [0.5, 0.6) is 5.75 Å². The largest absolute Gasteiger partial charge is 0.481 e. The fourth-order valence-electron chi connectivity index (χ4n) is 4.17. The zero-order valence-corrected chi connectivity index (χ0v) is 20.2. The second-order valence-electron chi connectivity index (χ2n) is 8.62. The number of carboxylic acids is 1. The van der Waals surface area contributed by atoms with Gasteiger partial charge in [-0.1, -0.05) is 66.7 Å². The molecule has 196 valence electrons. The number of hydrogen-bond acceptors (Lipinski definition) is 4. The lowest BCUT2D eigenvalue weighted by molar-refractivity contribution is -0.153. The molecule has 1 aromatic heterocycles. The van der Waals surface area contributed by atoms with Crippen LogP contribution in [0.1, 0.15) is 16.1 Å². The number of carbonyl (C=O) groups excluding carboxylic acids is 1. The van der Waals surface area contributed by atoms with Crippen molar-refractivity contribution in [3.63, 3.8) is 0 Å². The summed E-state index contributed by atoms with van der Waals surface area (Å²) in [6.07, 6.45) is -4.89. The van der Waals surface area contributed by atoms with Crippen molar-refractivity contribution in [1.29, 1.82) is 0 Å². The van der Waals surface area contributed by atoms with Crippen molar-refractivity contribution < 1.29 is 37.0 Å². The van der Waals surface area contributed by atoms with Crippen LogP contribution < -0.4 is 10.1 Å². The third-order valence-electron chi connectivity index (χ3n) is 5.96. The van der Waals surface area contributed by atoms with E-state index in [4.69, 9.17) is 14.3 Å². The number of amides is 1. The van der Waals surface area contributed by atoms with Crippen molar-refractivity contribution in [3.8, 4) is 28.2 Å². The van der Waals surface area contributed by atoms with Crippen LogP contribution in [0, 0.1) is 0 Å². The van der Waals surface area contributed by atoms with Gasteiger partial charge in [-0.2, -0.15) is 13.2 Å². The monoisotopic (exact) mass is 531 g/mol. The molecule has 9 heteroatoms. The molecule has 0 radical (unpaired) electrons. The summed E-state index contributed by atoms with van der Waals surface area (Å²) in [5.74, 6) is -3.29. The number of carboxylic acid groups (broad SMARTS) is 1. The van der Waals surface area contributed by atoms with Crippen LogP contribution >= 0.6 is 0 Å². The number of benzene rings is 4. The molecule has 0 aliphatic heterocycles. The van der Waals surface area contributed by atoms with Gasteiger partial charge in [-0.15, -0.1) is 0 Å². The molecule has 5 aromatic rings. The summed E-state index contributed by atoms with van der Waals surface area (Å²) in [6.45, 7) is -0.532. The smallest absolute Gasteiger partial charge is 0.450 e. The van der Waals surface area contributed by atoms with E-state index >= 15 is 0 Å². The minimum absolute atomic E-state index is 0.0918. The van der Waals surface area contributed by atoms with E-state index in [-0.39, 0.29) is 11.4 Å². The molecule has 39 heavy (non-hydrogen) atoms. The molecule has 0 unspecified atom stereocenters. The van der Waals surface area contributed by atoms with Crippen LogP contribution in [0.15, 0.2) is 101 Å². The lowest BCUT2D eigenvalue weighted by Crippen LogP contribution is -2.16. The van der Waals surface area contributed by atoms with Crippen molar-refractivity contribution in [3.05, 3.63) is 108 Å². The molecule has 6 nitrogen and oxygen atoms in total. The highest BCUT2D eigenvalue weighted by Gasteiger charge is 2.40. The summed E-state index contributed by atoms with van der Waals surface area (Å²) in [5, 5.41) is 12.5. The average molecular weight is 531 g/mol. The van der Waals surface area contributed by atoms with Crippen molar-refractivity contribution in [2.45, 2.75) is 6.18 Å². The number of hydrogen-bond donors (Lipinski definition) is 2. The van der Waals surface area contributed by atoms with Gasteiger partial charge in [0.25, 0.3) is 5.91 Å². The number of fused-ring (bicyclic) bond motifs is 1. The molecule has 1 amide bonds. The Kier molecular flexibility index (Phi) is 6.81. The summed E-state index contributed by atoms with van der Waals surface area (Å²) in [5.41, 5.74) is 1.82. The molecule has 0 aliphatic rings. The van der Waals surface area contributed by atoms with Crippen molar-refractivity contribution in [2.75, 3.05) is 11.9 Å².